The molecule has 1 rings (SSSR count). The third kappa shape index (κ3) is 2.60. The summed E-state index contributed by atoms with van der Waals surface area (Å²) in [5, 5.41) is 0.541. The van der Waals surface area contributed by atoms with Crippen LogP contribution in [0, 0.1) is 0 Å². The second-order valence-electron chi connectivity index (χ2n) is 2.09. The molecule has 0 atom stereocenters. The minimum absolute atomic E-state index is 0.00810. The lowest BCUT2D eigenvalue weighted by molar-refractivity contribution is -0.146. The first-order valence-electron chi connectivity index (χ1n) is 3.12. The molecule has 0 aromatic rings. The molecule has 10 heavy (non-hydrogen) atoms. The molecule has 4 heteroatoms. The monoisotopic (exact) mass is 162 g/mol. The molecule has 0 amide bonds. The molecule has 0 aliphatic carbocycles. The highest BCUT2D eigenvalue weighted by atomic mass is 32.1. The summed E-state index contributed by atoms with van der Waals surface area (Å²) in [4.78, 5) is 0. The average molecular weight is 162 g/mol. The number of ether oxygens (including phenoxy) is 3. The van der Waals surface area contributed by atoms with Gasteiger partial charge in [-0.25, -0.2) is 0 Å². The first-order valence-corrected chi connectivity index (χ1v) is 3.52. The first-order chi connectivity index (χ1) is 4.79. The van der Waals surface area contributed by atoms with Crippen molar-refractivity contribution >= 4 is 17.3 Å². The van der Waals surface area contributed by atoms with E-state index in [4.69, 9.17) is 26.4 Å². The first kappa shape index (κ1) is 7.91. The van der Waals surface area contributed by atoms with Gasteiger partial charge in [0.1, 0.15) is 12.9 Å². The Hall–Kier alpha value is -0.190. The summed E-state index contributed by atoms with van der Waals surface area (Å²) in [5.41, 5.74) is 0. The Bertz CT molecular complexity index is 120. The molecule has 0 saturated carbocycles. The fourth-order valence-electron chi connectivity index (χ4n) is 0.769. The van der Waals surface area contributed by atoms with Gasteiger partial charge in [0.15, 0.2) is 5.05 Å². The van der Waals surface area contributed by atoms with Crippen LogP contribution in [0.5, 0.6) is 0 Å². The quantitative estimate of drug-likeness (QED) is 0.531. The van der Waals surface area contributed by atoms with E-state index in [1.807, 2.05) is 0 Å². The maximum absolute atomic E-state index is 5.17. The van der Waals surface area contributed by atoms with Crippen LogP contribution < -0.4 is 0 Å². The Balaban J connectivity index is 2.19. The maximum Gasteiger partial charge on any atom is 0.157 e. The molecule has 1 heterocycles. The van der Waals surface area contributed by atoms with Crippen LogP contribution in [0.3, 0.4) is 0 Å². The molecular formula is C6H10O3S. The lowest BCUT2D eigenvalue weighted by atomic mass is 10.4. The smallest absolute Gasteiger partial charge is 0.157 e. The largest absolute Gasteiger partial charge is 0.479 e. The molecule has 58 valence electrons. The molecule has 0 radical (unpaired) electrons. The van der Waals surface area contributed by atoms with E-state index >= 15 is 0 Å². The van der Waals surface area contributed by atoms with Gasteiger partial charge in [-0.1, -0.05) is 0 Å². The summed E-state index contributed by atoms with van der Waals surface area (Å²) in [6.45, 7) is 3.27. The van der Waals surface area contributed by atoms with Crippen molar-refractivity contribution in [3.8, 4) is 0 Å². The molecule has 0 bridgehead atoms. The molecule has 1 saturated heterocycles. The molecule has 1 fully saturated rings. The van der Waals surface area contributed by atoms with Gasteiger partial charge < -0.3 is 14.2 Å². The summed E-state index contributed by atoms with van der Waals surface area (Å²) < 4.78 is 15.1. The van der Waals surface area contributed by atoms with Crippen molar-refractivity contribution in [2.75, 3.05) is 20.0 Å². The van der Waals surface area contributed by atoms with E-state index in [0.717, 1.165) is 0 Å². The highest BCUT2D eigenvalue weighted by Crippen LogP contribution is 2.01. The normalized spacial score (nSPS) is 20.5. The summed E-state index contributed by atoms with van der Waals surface area (Å²) in [7, 11) is 0. The summed E-state index contributed by atoms with van der Waals surface area (Å²) in [5.74, 6) is 0. The minimum Gasteiger partial charge on any atom is -0.479 e. The molecule has 0 spiro atoms. The fraction of sp³-hybridized carbons (Fsp3) is 0.833. The Morgan fingerprint density at radius 2 is 2.10 bits per heavy atom. The second kappa shape index (κ2) is 3.85. The zero-order valence-corrected chi connectivity index (χ0v) is 6.65. The molecule has 0 aromatic carbocycles. The van der Waals surface area contributed by atoms with Gasteiger partial charge in [-0.2, -0.15) is 0 Å². The zero-order valence-electron chi connectivity index (χ0n) is 5.83. The molecule has 3 nitrogen and oxygen atoms in total. The van der Waals surface area contributed by atoms with E-state index in [9.17, 15) is 0 Å². The molecule has 1 aliphatic rings. The van der Waals surface area contributed by atoms with E-state index in [1.54, 1.807) is 6.92 Å². The van der Waals surface area contributed by atoms with Crippen LogP contribution in [0.15, 0.2) is 0 Å². The molecule has 1 aliphatic heterocycles. The molecule has 0 unspecified atom stereocenters. The number of rotatable bonds is 1. The Morgan fingerprint density at radius 3 is 2.60 bits per heavy atom. The standard InChI is InChI=1S/C6H10O3S/c1-5(10)9-6-2-7-4-8-3-6/h6H,2-4H2,1H3. The van der Waals surface area contributed by atoms with Gasteiger partial charge in [0.25, 0.3) is 0 Å². The lowest BCUT2D eigenvalue weighted by Gasteiger charge is -2.22. The topological polar surface area (TPSA) is 27.7 Å². The van der Waals surface area contributed by atoms with Gasteiger partial charge in [0.05, 0.1) is 13.2 Å². The van der Waals surface area contributed by atoms with E-state index in [1.165, 1.54) is 0 Å². The molecule has 0 N–H and O–H groups in total. The van der Waals surface area contributed by atoms with Crippen LogP contribution in [0.1, 0.15) is 6.92 Å². The number of thiocarbonyl (C=S) groups is 1. The second-order valence-corrected chi connectivity index (χ2v) is 2.67. The van der Waals surface area contributed by atoms with E-state index in [2.05, 4.69) is 0 Å². The SMILES string of the molecule is CC(=S)OC1COCOC1. The highest BCUT2D eigenvalue weighted by Gasteiger charge is 2.14. The van der Waals surface area contributed by atoms with Crippen LogP contribution in [0.2, 0.25) is 0 Å². The van der Waals surface area contributed by atoms with Crippen molar-refractivity contribution in [3.05, 3.63) is 0 Å². The van der Waals surface area contributed by atoms with E-state index in [-0.39, 0.29) is 6.10 Å². The third-order valence-corrected chi connectivity index (χ3v) is 1.20. The summed E-state index contributed by atoms with van der Waals surface area (Å²) in [6, 6.07) is 0. The van der Waals surface area contributed by atoms with Crippen LogP contribution in [0.4, 0.5) is 0 Å². The van der Waals surface area contributed by atoms with Gasteiger partial charge in [-0.3, -0.25) is 0 Å². The number of hydrogen-bond acceptors (Lipinski definition) is 4. The van der Waals surface area contributed by atoms with Gasteiger partial charge >= 0.3 is 0 Å². The van der Waals surface area contributed by atoms with Crippen molar-refractivity contribution in [2.24, 2.45) is 0 Å². The van der Waals surface area contributed by atoms with Crippen LogP contribution in [0.25, 0.3) is 0 Å². The van der Waals surface area contributed by atoms with Crippen molar-refractivity contribution < 1.29 is 14.2 Å². The summed E-state index contributed by atoms with van der Waals surface area (Å²) in [6.07, 6.45) is -0.00810. The number of hydrogen-bond donors (Lipinski definition) is 0. The Kier molecular flexibility index (Phi) is 3.05. The molecular weight excluding hydrogens is 152 g/mol. The van der Waals surface area contributed by atoms with Crippen molar-refractivity contribution in [2.45, 2.75) is 13.0 Å². The van der Waals surface area contributed by atoms with Gasteiger partial charge in [0.2, 0.25) is 0 Å². The fourth-order valence-corrected chi connectivity index (χ4v) is 0.905. The van der Waals surface area contributed by atoms with Crippen LogP contribution in [-0.2, 0) is 14.2 Å². The predicted molar refractivity (Wildman–Crippen MR) is 39.9 cm³/mol. The van der Waals surface area contributed by atoms with Crippen molar-refractivity contribution in [1.29, 1.82) is 0 Å². The van der Waals surface area contributed by atoms with Gasteiger partial charge in [-0.15, -0.1) is 0 Å². The van der Waals surface area contributed by atoms with Crippen molar-refractivity contribution in [3.63, 3.8) is 0 Å². The Morgan fingerprint density at radius 1 is 1.50 bits per heavy atom. The maximum atomic E-state index is 5.17. The third-order valence-electron chi connectivity index (χ3n) is 1.11. The van der Waals surface area contributed by atoms with E-state index in [0.29, 0.717) is 25.1 Å². The van der Waals surface area contributed by atoms with Crippen LogP contribution >= 0.6 is 12.2 Å². The van der Waals surface area contributed by atoms with Crippen LogP contribution in [-0.4, -0.2) is 31.2 Å². The van der Waals surface area contributed by atoms with Crippen molar-refractivity contribution in [1.82, 2.24) is 0 Å². The van der Waals surface area contributed by atoms with Gasteiger partial charge in [0, 0.05) is 6.92 Å². The zero-order chi connectivity index (χ0) is 7.40. The summed E-state index contributed by atoms with van der Waals surface area (Å²) >= 11 is 4.74. The Labute approximate surface area is 65.3 Å². The van der Waals surface area contributed by atoms with E-state index < -0.39 is 0 Å². The molecule has 0 aromatic heterocycles. The predicted octanol–water partition coefficient (Wildman–Crippen LogP) is 0.723. The lowest BCUT2D eigenvalue weighted by Crippen LogP contribution is -2.32. The van der Waals surface area contributed by atoms with Gasteiger partial charge in [-0.05, 0) is 12.2 Å². The highest BCUT2D eigenvalue weighted by molar-refractivity contribution is 7.80. The minimum atomic E-state index is -0.00810. The average Bonchev–Trinajstić information content (AvgIpc) is 1.88.